The van der Waals surface area contributed by atoms with Crippen LogP contribution in [-0.2, 0) is 19.9 Å². The average molecular weight is 307 g/mol. The predicted molar refractivity (Wildman–Crippen MR) is 68.9 cm³/mol. The molecule has 2 bridgehead atoms. The largest absolute Gasteiger partial charge is 0.252 e. The van der Waals surface area contributed by atoms with Crippen LogP contribution in [0.3, 0.4) is 0 Å². The number of nitrogens with zero attached hydrogens (tertiary/aromatic N) is 1. The van der Waals surface area contributed by atoms with Crippen LogP contribution in [0.15, 0.2) is 16.3 Å². The van der Waals surface area contributed by atoms with Crippen molar-refractivity contribution in [2.45, 2.75) is 28.8 Å². The third kappa shape index (κ3) is 1.74. The van der Waals surface area contributed by atoms with Gasteiger partial charge in [0.05, 0.1) is 11.0 Å². The van der Waals surface area contributed by atoms with Crippen LogP contribution < -0.4 is 0 Å². The summed E-state index contributed by atoms with van der Waals surface area (Å²) in [6, 6.07) is 2.99. The highest BCUT2D eigenvalue weighted by molar-refractivity contribution is 7.93. The second-order valence-electron chi connectivity index (χ2n) is 4.78. The van der Waals surface area contributed by atoms with E-state index in [9.17, 15) is 16.8 Å². The van der Waals surface area contributed by atoms with Crippen molar-refractivity contribution < 1.29 is 16.8 Å². The molecular formula is C10H13NO4S3. The van der Waals surface area contributed by atoms with E-state index < -0.39 is 25.1 Å². The highest BCUT2D eigenvalue weighted by atomic mass is 32.2. The maximum atomic E-state index is 12.4. The second kappa shape index (κ2) is 3.78. The normalized spacial score (nSPS) is 30.9. The molecule has 3 heterocycles. The van der Waals surface area contributed by atoms with E-state index in [1.54, 1.807) is 12.1 Å². The molecule has 2 aliphatic rings. The summed E-state index contributed by atoms with van der Waals surface area (Å²) in [6.07, 6.45) is 0.450. The zero-order valence-corrected chi connectivity index (χ0v) is 12.2. The molecule has 1 aromatic heterocycles. The van der Waals surface area contributed by atoms with E-state index in [-0.39, 0.29) is 18.3 Å². The van der Waals surface area contributed by atoms with Gasteiger partial charge >= 0.3 is 0 Å². The number of sulfonamides is 1. The van der Waals surface area contributed by atoms with E-state index in [1.807, 2.05) is 6.92 Å². The van der Waals surface area contributed by atoms with E-state index in [0.29, 0.717) is 10.6 Å². The van der Waals surface area contributed by atoms with Crippen LogP contribution in [0.5, 0.6) is 0 Å². The Morgan fingerprint density at radius 2 is 2.11 bits per heavy atom. The van der Waals surface area contributed by atoms with Crippen molar-refractivity contribution in [1.82, 2.24) is 4.31 Å². The van der Waals surface area contributed by atoms with Crippen molar-refractivity contribution in [2.24, 2.45) is 0 Å². The Balaban J connectivity index is 1.95. The lowest BCUT2D eigenvalue weighted by Gasteiger charge is -2.25. The van der Waals surface area contributed by atoms with E-state index in [4.69, 9.17) is 0 Å². The summed E-state index contributed by atoms with van der Waals surface area (Å²) < 4.78 is 49.7. The number of hydrogen-bond donors (Lipinski definition) is 0. The first-order chi connectivity index (χ1) is 8.30. The van der Waals surface area contributed by atoms with Crippen LogP contribution in [0.25, 0.3) is 0 Å². The summed E-state index contributed by atoms with van der Waals surface area (Å²) in [7, 11) is -6.57. The van der Waals surface area contributed by atoms with Gasteiger partial charge in [0.2, 0.25) is 0 Å². The summed E-state index contributed by atoms with van der Waals surface area (Å²) in [4.78, 5) is 0.936. The van der Waals surface area contributed by atoms with Crippen molar-refractivity contribution >= 4 is 31.2 Å². The average Bonchev–Trinajstić information content (AvgIpc) is 2.89. The fourth-order valence-corrected chi connectivity index (χ4v) is 7.93. The third-order valence-electron chi connectivity index (χ3n) is 3.54. The van der Waals surface area contributed by atoms with Gasteiger partial charge in [0.25, 0.3) is 10.0 Å². The lowest BCUT2D eigenvalue weighted by molar-refractivity contribution is 0.403. The topological polar surface area (TPSA) is 71.5 Å². The highest BCUT2D eigenvalue weighted by Crippen LogP contribution is 2.37. The first-order valence-corrected chi connectivity index (χ1v) is 9.58. The van der Waals surface area contributed by atoms with Crippen LogP contribution in [0, 0.1) is 6.92 Å². The fraction of sp³-hybridized carbons (Fsp3) is 0.600. The van der Waals surface area contributed by atoms with Gasteiger partial charge in [-0.05, 0) is 25.5 Å². The Kier molecular flexibility index (Phi) is 2.64. The maximum Gasteiger partial charge on any atom is 0.252 e. The van der Waals surface area contributed by atoms with Crippen LogP contribution >= 0.6 is 11.3 Å². The van der Waals surface area contributed by atoms with Gasteiger partial charge in [0.15, 0.2) is 9.84 Å². The lowest BCUT2D eigenvalue weighted by atomic mass is 10.3. The molecule has 0 saturated carbocycles. The van der Waals surface area contributed by atoms with Crippen LogP contribution in [0.1, 0.15) is 11.3 Å². The molecule has 1 aromatic rings. The van der Waals surface area contributed by atoms with Crippen LogP contribution in [-0.4, -0.2) is 44.7 Å². The molecule has 100 valence electrons. The fourth-order valence-electron chi connectivity index (χ4n) is 2.62. The summed E-state index contributed by atoms with van der Waals surface area (Å²) in [5.41, 5.74) is 0. The van der Waals surface area contributed by atoms with Crippen molar-refractivity contribution in [1.29, 1.82) is 0 Å². The van der Waals surface area contributed by atoms with E-state index in [0.717, 1.165) is 4.88 Å². The Morgan fingerprint density at radius 1 is 1.39 bits per heavy atom. The van der Waals surface area contributed by atoms with Gasteiger partial charge < -0.3 is 0 Å². The van der Waals surface area contributed by atoms with E-state index in [2.05, 4.69) is 0 Å². The molecule has 0 spiro atoms. The molecule has 18 heavy (non-hydrogen) atoms. The standard InChI is InChI=1S/C10H13NO4S3/c1-7-2-3-10(16-7)18(14,15)11-5-9-4-8(11)6-17(9,12)13/h2-3,8-9H,4-6H2,1H3. The first kappa shape index (κ1) is 12.6. The minimum atomic E-state index is -3.51. The highest BCUT2D eigenvalue weighted by Gasteiger charge is 2.52. The van der Waals surface area contributed by atoms with E-state index in [1.165, 1.54) is 15.6 Å². The van der Waals surface area contributed by atoms with E-state index >= 15 is 0 Å². The van der Waals surface area contributed by atoms with Gasteiger partial charge in [-0.3, -0.25) is 0 Å². The van der Waals surface area contributed by atoms with Gasteiger partial charge in [0, 0.05) is 17.5 Å². The molecule has 0 radical (unpaired) electrons. The molecule has 5 nitrogen and oxygen atoms in total. The maximum absolute atomic E-state index is 12.4. The second-order valence-corrected chi connectivity index (χ2v) is 10.5. The lowest BCUT2D eigenvalue weighted by Crippen LogP contribution is -2.43. The van der Waals surface area contributed by atoms with Crippen LogP contribution in [0.2, 0.25) is 0 Å². The molecular weight excluding hydrogens is 294 g/mol. The number of thiophene rings is 1. The first-order valence-electron chi connectivity index (χ1n) is 5.60. The van der Waals surface area contributed by atoms with Crippen LogP contribution in [0.4, 0.5) is 0 Å². The summed E-state index contributed by atoms with van der Waals surface area (Å²) in [6.45, 7) is 1.97. The smallest absolute Gasteiger partial charge is 0.228 e. The monoisotopic (exact) mass is 307 g/mol. The molecule has 2 saturated heterocycles. The molecule has 8 heteroatoms. The molecule has 0 amide bonds. The zero-order valence-electron chi connectivity index (χ0n) is 9.74. The minimum Gasteiger partial charge on any atom is -0.228 e. The molecule has 0 N–H and O–H groups in total. The summed E-state index contributed by atoms with van der Waals surface area (Å²) in [5.74, 6) is -0.0265. The van der Waals surface area contributed by atoms with Crippen molar-refractivity contribution in [2.75, 3.05) is 12.3 Å². The number of fused-ring (bicyclic) bond motifs is 2. The predicted octanol–water partition coefficient (Wildman–Crippen LogP) is 0.617. The number of hydrogen-bond acceptors (Lipinski definition) is 5. The Bertz CT molecular complexity index is 688. The molecule has 2 atom stereocenters. The van der Waals surface area contributed by atoms with Gasteiger partial charge in [-0.1, -0.05) is 0 Å². The SMILES string of the molecule is Cc1ccc(S(=O)(=O)N2CC3CC2CS3(=O)=O)s1. The number of aryl methyl sites for hydroxylation is 1. The molecule has 2 fully saturated rings. The van der Waals surface area contributed by atoms with Gasteiger partial charge in [-0.25, -0.2) is 16.8 Å². The van der Waals surface area contributed by atoms with Gasteiger partial charge in [0.1, 0.15) is 4.21 Å². The number of rotatable bonds is 2. The molecule has 0 aromatic carbocycles. The van der Waals surface area contributed by atoms with Crippen molar-refractivity contribution in [3.63, 3.8) is 0 Å². The molecule has 2 aliphatic heterocycles. The Labute approximate surface area is 110 Å². The number of sulfone groups is 1. The summed E-state index contributed by atoms with van der Waals surface area (Å²) >= 11 is 1.23. The molecule has 2 unspecified atom stereocenters. The van der Waals surface area contributed by atoms with Gasteiger partial charge in [-0.2, -0.15) is 4.31 Å². The zero-order chi connectivity index (χ0) is 13.1. The third-order valence-corrected chi connectivity index (χ3v) is 9.13. The Hall–Kier alpha value is -0.440. The molecule has 3 rings (SSSR count). The van der Waals surface area contributed by atoms with Crippen molar-refractivity contribution in [3.8, 4) is 0 Å². The molecule has 0 aliphatic carbocycles. The minimum absolute atomic E-state index is 0.0265. The summed E-state index contributed by atoms with van der Waals surface area (Å²) in [5, 5.41) is -0.502. The van der Waals surface area contributed by atoms with Gasteiger partial charge in [-0.15, -0.1) is 11.3 Å². The quantitative estimate of drug-likeness (QED) is 0.803. The van der Waals surface area contributed by atoms with Crippen molar-refractivity contribution in [3.05, 3.63) is 17.0 Å². The Morgan fingerprint density at radius 3 is 2.56 bits per heavy atom.